The van der Waals surface area contributed by atoms with Crippen LogP contribution in [0.4, 0.5) is 0 Å². The molecule has 1 atom stereocenters. The van der Waals surface area contributed by atoms with E-state index in [-0.39, 0.29) is 0 Å². The molecule has 1 aromatic rings. The lowest BCUT2D eigenvalue weighted by Gasteiger charge is -2.08. The highest BCUT2D eigenvalue weighted by atomic mass is 35.5. The van der Waals surface area contributed by atoms with Crippen LogP contribution >= 0.6 is 23.4 Å². The summed E-state index contributed by atoms with van der Waals surface area (Å²) in [5, 5.41) is 0.762. The topological polar surface area (TPSA) is 22.1 Å². The van der Waals surface area contributed by atoms with Gasteiger partial charge < -0.3 is 4.74 Å². The van der Waals surface area contributed by atoms with E-state index in [1.165, 1.54) is 12.8 Å². The fourth-order valence-electron chi connectivity index (χ4n) is 1.60. The molecule has 0 spiro atoms. The number of aromatic nitrogens is 1. The SMILES string of the molecule is Clc1ccnc(CSCC2CCCO2)c1. The molecule has 82 valence electrons. The lowest BCUT2D eigenvalue weighted by Crippen LogP contribution is -2.08. The zero-order valence-corrected chi connectivity index (χ0v) is 10.1. The van der Waals surface area contributed by atoms with Gasteiger partial charge >= 0.3 is 0 Å². The van der Waals surface area contributed by atoms with Gasteiger partial charge in [0.25, 0.3) is 0 Å². The molecule has 4 heteroatoms. The highest BCUT2D eigenvalue weighted by Crippen LogP contribution is 2.20. The molecule has 1 unspecified atom stereocenters. The maximum atomic E-state index is 5.88. The molecule has 1 aliphatic rings. The highest BCUT2D eigenvalue weighted by Gasteiger charge is 2.14. The number of rotatable bonds is 4. The second kappa shape index (κ2) is 5.73. The highest BCUT2D eigenvalue weighted by molar-refractivity contribution is 7.98. The van der Waals surface area contributed by atoms with Crippen LogP contribution in [0.25, 0.3) is 0 Å². The van der Waals surface area contributed by atoms with E-state index in [4.69, 9.17) is 16.3 Å². The van der Waals surface area contributed by atoms with Gasteiger partial charge in [-0.25, -0.2) is 0 Å². The van der Waals surface area contributed by atoms with Gasteiger partial charge in [0.15, 0.2) is 0 Å². The molecule has 0 N–H and O–H groups in total. The summed E-state index contributed by atoms with van der Waals surface area (Å²) in [5.74, 6) is 1.98. The predicted molar refractivity (Wildman–Crippen MR) is 64.4 cm³/mol. The van der Waals surface area contributed by atoms with Crippen LogP contribution in [0.3, 0.4) is 0 Å². The molecule has 1 aromatic heterocycles. The van der Waals surface area contributed by atoms with Crippen LogP contribution in [0.1, 0.15) is 18.5 Å². The van der Waals surface area contributed by atoms with Crippen molar-refractivity contribution in [2.24, 2.45) is 0 Å². The van der Waals surface area contributed by atoms with Gasteiger partial charge in [-0.3, -0.25) is 4.98 Å². The number of hydrogen-bond donors (Lipinski definition) is 0. The van der Waals surface area contributed by atoms with Crippen LogP contribution in [0, 0.1) is 0 Å². The van der Waals surface area contributed by atoms with Gasteiger partial charge in [0.2, 0.25) is 0 Å². The van der Waals surface area contributed by atoms with Crippen LogP contribution in [0.5, 0.6) is 0 Å². The van der Waals surface area contributed by atoms with Gasteiger partial charge in [-0.05, 0) is 25.0 Å². The van der Waals surface area contributed by atoms with Crippen LogP contribution in [0.15, 0.2) is 18.3 Å². The summed E-state index contributed by atoms with van der Waals surface area (Å²) in [7, 11) is 0. The van der Waals surface area contributed by atoms with Crippen LogP contribution in [-0.2, 0) is 10.5 Å². The first kappa shape index (κ1) is 11.2. The second-order valence-corrected chi connectivity index (χ2v) is 5.08. The summed E-state index contributed by atoms with van der Waals surface area (Å²) < 4.78 is 5.55. The Morgan fingerprint density at radius 3 is 3.27 bits per heavy atom. The van der Waals surface area contributed by atoms with Crippen LogP contribution in [0.2, 0.25) is 5.02 Å². The molecule has 1 aliphatic heterocycles. The third kappa shape index (κ3) is 3.67. The maximum absolute atomic E-state index is 5.88. The lowest BCUT2D eigenvalue weighted by atomic mass is 10.3. The number of hydrogen-bond acceptors (Lipinski definition) is 3. The van der Waals surface area contributed by atoms with Crippen molar-refractivity contribution in [1.82, 2.24) is 4.98 Å². The van der Waals surface area contributed by atoms with Gasteiger partial charge in [-0.15, -0.1) is 0 Å². The Kier molecular flexibility index (Phi) is 4.29. The fourth-order valence-corrected chi connectivity index (χ4v) is 2.79. The molecule has 0 aliphatic carbocycles. The zero-order valence-electron chi connectivity index (χ0n) is 8.49. The Labute approximate surface area is 99.4 Å². The summed E-state index contributed by atoms with van der Waals surface area (Å²) in [6.45, 7) is 0.931. The third-order valence-corrected chi connectivity index (χ3v) is 3.70. The zero-order chi connectivity index (χ0) is 10.5. The Bertz CT molecular complexity index is 315. The van der Waals surface area contributed by atoms with Gasteiger partial charge in [-0.2, -0.15) is 11.8 Å². The van der Waals surface area contributed by atoms with E-state index < -0.39 is 0 Å². The minimum atomic E-state index is 0.453. The normalized spacial score (nSPS) is 20.7. The Balaban J connectivity index is 1.73. The number of ether oxygens (including phenoxy) is 1. The summed E-state index contributed by atoms with van der Waals surface area (Å²) in [5.41, 5.74) is 1.05. The van der Waals surface area contributed by atoms with Crippen molar-refractivity contribution >= 4 is 23.4 Å². The molecule has 0 amide bonds. The Morgan fingerprint density at radius 1 is 1.60 bits per heavy atom. The van der Waals surface area contributed by atoms with Crippen molar-refractivity contribution in [1.29, 1.82) is 0 Å². The van der Waals surface area contributed by atoms with E-state index in [2.05, 4.69) is 4.98 Å². The molecular formula is C11H14ClNOS. The van der Waals surface area contributed by atoms with Crippen molar-refractivity contribution < 1.29 is 4.74 Å². The van der Waals surface area contributed by atoms with E-state index in [1.807, 2.05) is 17.8 Å². The molecule has 0 aromatic carbocycles. The lowest BCUT2D eigenvalue weighted by molar-refractivity contribution is 0.129. The molecule has 1 fully saturated rings. The predicted octanol–water partition coefficient (Wildman–Crippen LogP) is 3.15. The largest absolute Gasteiger partial charge is 0.377 e. The van der Waals surface area contributed by atoms with Gasteiger partial charge in [0.1, 0.15) is 0 Å². The van der Waals surface area contributed by atoms with Crippen molar-refractivity contribution in [3.8, 4) is 0 Å². The number of pyridine rings is 1. The smallest absolute Gasteiger partial charge is 0.0666 e. The summed E-state index contributed by atoms with van der Waals surface area (Å²) >= 11 is 7.74. The van der Waals surface area contributed by atoms with E-state index in [0.29, 0.717) is 6.10 Å². The summed E-state index contributed by atoms with van der Waals surface area (Å²) in [6.07, 6.45) is 4.62. The van der Waals surface area contributed by atoms with E-state index >= 15 is 0 Å². The Hall–Kier alpha value is -0.250. The van der Waals surface area contributed by atoms with Gasteiger partial charge in [0.05, 0.1) is 11.8 Å². The van der Waals surface area contributed by atoms with Crippen molar-refractivity contribution in [2.45, 2.75) is 24.7 Å². The number of thioether (sulfide) groups is 1. The summed E-state index contributed by atoms with van der Waals surface area (Å²) in [4.78, 5) is 4.26. The molecule has 2 rings (SSSR count). The van der Waals surface area contributed by atoms with E-state index in [1.54, 1.807) is 12.3 Å². The van der Waals surface area contributed by atoms with Crippen LogP contribution < -0.4 is 0 Å². The van der Waals surface area contributed by atoms with Crippen LogP contribution in [-0.4, -0.2) is 23.4 Å². The van der Waals surface area contributed by atoms with Crippen molar-refractivity contribution in [3.63, 3.8) is 0 Å². The molecule has 1 saturated heterocycles. The van der Waals surface area contributed by atoms with Gasteiger partial charge in [-0.1, -0.05) is 11.6 Å². The molecule has 15 heavy (non-hydrogen) atoms. The minimum absolute atomic E-state index is 0.453. The minimum Gasteiger partial charge on any atom is -0.377 e. The van der Waals surface area contributed by atoms with E-state index in [9.17, 15) is 0 Å². The first-order valence-corrected chi connectivity index (χ1v) is 6.67. The number of halogens is 1. The molecule has 0 bridgehead atoms. The fraction of sp³-hybridized carbons (Fsp3) is 0.545. The molecule has 0 radical (unpaired) electrons. The standard InChI is InChI=1S/C11H14ClNOS/c12-9-3-4-13-10(6-9)7-15-8-11-2-1-5-14-11/h3-4,6,11H,1-2,5,7-8H2. The summed E-state index contributed by atoms with van der Waals surface area (Å²) in [6, 6.07) is 3.72. The molecule has 0 saturated carbocycles. The Morgan fingerprint density at radius 2 is 2.53 bits per heavy atom. The first-order chi connectivity index (χ1) is 7.34. The first-order valence-electron chi connectivity index (χ1n) is 5.14. The van der Waals surface area contributed by atoms with Gasteiger partial charge in [0, 0.05) is 29.3 Å². The molecular weight excluding hydrogens is 230 g/mol. The second-order valence-electron chi connectivity index (χ2n) is 3.62. The molecule has 2 nitrogen and oxygen atoms in total. The number of nitrogens with zero attached hydrogens (tertiary/aromatic N) is 1. The van der Waals surface area contributed by atoms with Crippen molar-refractivity contribution in [2.75, 3.05) is 12.4 Å². The molecule has 2 heterocycles. The quantitative estimate of drug-likeness (QED) is 0.811. The monoisotopic (exact) mass is 243 g/mol. The third-order valence-electron chi connectivity index (χ3n) is 2.36. The average Bonchev–Trinajstić information content (AvgIpc) is 2.71. The maximum Gasteiger partial charge on any atom is 0.0666 e. The van der Waals surface area contributed by atoms with E-state index in [0.717, 1.165) is 28.8 Å². The van der Waals surface area contributed by atoms with Crippen molar-refractivity contribution in [3.05, 3.63) is 29.0 Å². The average molecular weight is 244 g/mol.